The van der Waals surface area contributed by atoms with Crippen molar-refractivity contribution < 1.29 is 27.2 Å². The molecule has 0 aliphatic heterocycles. The molecule has 0 aliphatic rings. The van der Waals surface area contributed by atoms with Crippen LogP contribution in [0, 0.1) is 5.82 Å². The van der Waals surface area contributed by atoms with Gasteiger partial charge in [0.05, 0.1) is 16.3 Å². The van der Waals surface area contributed by atoms with E-state index >= 15 is 0 Å². The second-order valence-corrected chi connectivity index (χ2v) is 4.75. The predicted octanol–water partition coefficient (Wildman–Crippen LogP) is 4.16. The van der Waals surface area contributed by atoms with Crippen molar-refractivity contribution in [3.63, 3.8) is 0 Å². The van der Waals surface area contributed by atoms with Gasteiger partial charge in [-0.15, -0.1) is 0 Å². The number of halogens is 5. The van der Waals surface area contributed by atoms with Gasteiger partial charge in [-0.05, 0) is 36.4 Å². The molecule has 0 fully saturated rings. The minimum Gasteiger partial charge on any atom is -0.372 e. The lowest BCUT2D eigenvalue weighted by atomic mass is 10.1. The van der Waals surface area contributed by atoms with Crippen molar-refractivity contribution in [1.82, 2.24) is 0 Å². The molecule has 24 heavy (non-hydrogen) atoms. The van der Waals surface area contributed by atoms with Crippen molar-refractivity contribution in [2.45, 2.75) is 6.18 Å². The summed E-state index contributed by atoms with van der Waals surface area (Å²) in [6.07, 6.45) is -3.78. The second-order valence-electron chi connectivity index (χ2n) is 4.34. The SMILES string of the molecule is NC=O.O=Cc1cc(F)cc(Nc2ccc(C(F)(F)F)cc2Cl)c1. The molecular weight excluding hydrogens is 352 g/mol. The van der Waals surface area contributed by atoms with Crippen LogP contribution in [-0.4, -0.2) is 12.7 Å². The van der Waals surface area contributed by atoms with Gasteiger partial charge in [0.2, 0.25) is 6.41 Å². The monoisotopic (exact) mass is 362 g/mol. The van der Waals surface area contributed by atoms with Gasteiger partial charge in [-0.3, -0.25) is 9.59 Å². The van der Waals surface area contributed by atoms with Crippen molar-refractivity contribution in [3.05, 3.63) is 58.4 Å². The molecule has 2 aromatic carbocycles. The number of hydrogen-bond acceptors (Lipinski definition) is 3. The van der Waals surface area contributed by atoms with Crippen LogP contribution in [0.25, 0.3) is 0 Å². The van der Waals surface area contributed by atoms with E-state index in [2.05, 4.69) is 11.1 Å². The van der Waals surface area contributed by atoms with E-state index in [9.17, 15) is 22.4 Å². The van der Waals surface area contributed by atoms with Crippen molar-refractivity contribution in [2.24, 2.45) is 5.73 Å². The minimum atomic E-state index is -4.49. The molecule has 2 rings (SSSR count). The Bertz CT molecular complexity index is 736. The normalized spacial score (nSPS) is 10.4. The molecule has 0 saturated heterocycles. The molecule has 2 aromatic rings. The fraction of sp³-hybridized carbons (Fsp3) is 0.0667. The zero-order valence-corrected chi connectivity index (χ0v) is 12.7. The van der Waals surface area contributed by atoms with Crippen molar-refractivity contribution in [2.75, 3.05) is 5.32 Å². The number of hydrogen-bond donors (Lipinski definition) is 2. The number of alkyl halides is 3. The number of rotatable bonds is 3. The van der Waals surface area contributed by atoms with Crippen LogP contribution in [0.5, 0.6) is 0 Å². The van der Waals surface area contributed by atoms with Gasteiger partial charge >= 0.3 is 6.18 Å². The van der Waals surface area contributed by atoms with Gasteiger partial charge in [0.25, 0.3) is 0 Å². The Balaban J connectivity index is 0.000000891. The van der Waals surface area contributed by atoms with E-state index in [0.717, 1.165) is 30.3 Å². The Morgan fingerprint density at radius 2 is 1.71 bits per heavy atom. The van der Waals surface area contributed by atoms with E-state index in [1.165, 1.54) is 6.07 Å². The summed E-state index contributed by atoms with van der Waals surface area (Å²) >= 11 is 5.77. The maximum Gasteiger partial charge on any atom is 0.416 e. The number of carbonyl (C=O) groups is 2. The van der Waals surface area contributed by atoms with Crippen molar-refractivity contribution >= 4 is 35.7 Å². The third-order valence-electron chi connectivity index (χ3n) is 2.63. The van der Waals surface area contributed by atoms with Crippen LogP contribution in [-0.2, 0) is 11.0 Å². The highest BCUT2D eigenvalue weighted by atomic mass is 35.5. The van der Waals surface area contributed by atoms with Gasteiger partial charge in [-0.25, -0.2) is 4.39 Å². The number of aldehydes is 1. The van der Waals surface area contributed by atoms with Crippen LogP contribution >= 0.6 is 11.6 Å². The van der Waals surface area contributed by atoms with Gasteiger partial charge in [0.15, 0.2) is 0 Å². The number of anilines is 2. The Morgan fingerprint density at radius 3 is 2.21 bits per heavy atom. The van der Waals surface area contributed by atoms with Crippen LogP contribution in [0.1, 0.15) is 15.9 Å². The molecular formula is C15H11ClF4N2O2. The van der Waals surface area contributed by atoms with Crippen LogP contribution in [0.3, 0.4) is 0 Å². The van der Waals surface area contributed by atoms with Crippen molar-refractivity contribution in [3.8, 4) is 0 Å². The number of nitrogens with one attached hydrogen (secondary N) is 1. The first-order valence-electron chi connectivity index (χ1n) is 6.26. The molecule has 128 valence electrons. The zero-order valence-electron chi connectivity index (χ0n) is 11.9. The number of benzene rings is 2. The van der Waals surface area contributed by atoms with Gasteiger partial charge in [-0.1, -0.05) is 11.6 Å². The molecule has 0 bridgehead atoms. The van der Waals surface area contributed by atoms with E-state index < -0.39 is 17.6 Å². The Morgan fingerprint density at radius 1 is 1.08 bits per heavy atom. The van der Waals surface area contributed by atoms with Crippen LogP contribution in [0.15, 0.2) is 36.4 Å². The Kier molecular flexibility index (Phi) is 6.72. The highest BCUT2D eigenvalue weighted by Crippen LogP contribution is 2.34. The number of carbonyl (C=O) groups excluding carboxylic acids is 2. The van der Waals surface area contributed by atoms with E-state index in [0.29, 0.717) is 6.29 Å². The smallest absolute Gasteiger partial charge is 0.372 e. The molecule has 0 aliphatic carbocycles. The molecule has 0 radical (unpaired) electrons. The molecule has 0 spiro atoms. The predicted molar refractivity (Wildman–Crippen MR) is 81.8 cm³/mol. The number of primary amides is 1. The third kappa shape index (κ3) is 5.54. The molecule has 3 N–H and O–H groups in total. The van der Waals surface area contributed by atoms with E-state index in [-0.39, 0.29) is 28.4 Å². The fourth-order valence-corrected chi connectivity index (χ4v) is 1.93. The fourth-order valence-electron chi connectivity index (χ4n) is 1.70. The molecule has 0 aromatic heterocycles. The first-order chi connectivity index (χ1) is 11.2. The molecule has 0 unspecified atom stereocenters. The first-order valence-corrected chi connectivity index (χ1v) is 6.64. The molecule has 0 atom stereocenters. The average Bonchev–Trinajstić information content (AvgIpc) is 2.48. The minimum absolute atomic E-state index is 0.0977. The van der Waals surface area contributed by atoms with Crippen LogP contribution in [0.4, 0.5) is 28.9 Å². The van der Waals surface area contributed by atoms with Gasteiger partial charge in [0.1, 0.15) is 12.1 Å². The number of amides is 1. The summed E-state index contributed by atoms with van der Waals surface area (Å²) in [4.78, 5) is 19.2. The molecule has 9 heteroatoms. The van der Waals surface area contributed by atoms with Gasteiger partial charge < -0.3 is 11.1 Å². The van der Waals surface area contributed by atoms with Gasteiger partial charge in [0, 0.05) is 11.3 Å². The second kappa shape index (κ2) is 8.30. The van der Waals surface area contributed by atoms with Crippen molar-refractivity contribution in [1.29, 1.82) is 0 Å². The highest BCUT2D eigenvalue weighted by molar-refractivity contribution is 6.33. The van der Waals surface area contributed by atoms with E-state index in [1.54, 1.807) is 0 Å². The summed E-state index contributed by atoms with van der Waals surface area (Å²) in [7, 11) is 0. The third-order valence-corrected chi connectivity index (χ3v) is 2.94. The highest BCUT2D eigenvalue weighted by Gasteiger charge is 2.30. The quantitative estimate of drug-likeness (QED) is 0.636. The summed E-state index contributed by atoms with van der Waals surface area (Å²) in [5, 5.41) is 2.50. The largest absolute Gasteiger partial charge is 0.416 e. The first kappa shape index (κ1) is 19.4. The molecule has 4 nitrogen and oxygen atoms in total. The van der Waals surface area contributed by atoms with Crippen LogP contribution in [0.2, 0.25) is 5.02 Å². The lowest BCUT2D eigenvalue weighted by Crippen LogP contribution is -2.05. The summed E-state index contributed by atoms with van der Waals surface area (Å²) in [6, 6.07) is 6.24. The zero-order chi connectivity index (χ0) is 18.3. The van der Waals surface area contributed by atoms with E-state index in [1.807, 2.05) is 0 Å². The summed E-state index contributed by atoms with van der Waals surface area (Å²) < 4.78 is 50.8. The molecule has 0 saturated carbocycles. The lowest BCUT2D eigenvalue weighted by Gasteiger charge is -2.12. The lowest BCUT2D eigenvalue weighted by molar-refractivity contribution is -0.137. The Labute approximate surface area is 139 Å². The summed E-state index contributed by atoms with van der Waals surface area (Å²) in [6.45, 7) is 0. The molecule has 1 amide bonds. The number of nitrogens with two attached hydrogens (primary N) is 1. The summed E-state index contributed by atoms with van der Waals surface area (Å²) in [5.41, 5.74) is 3.76. The van der Waals surface area contributed by atoms with E-state index in [4.69, 9.17) is 16.4 Å². The van der Waals surface area contributed by atoms with Crippen LogP contribution < -0.4 is 11.1 Å². The maximum absolute atomic E-state index is 13.3. The topological polar surface area (TPSA) is 72.2 Å². The average molecular weight is 363 g/mol. The summed E-state index contributed by atoms with van der Waals surface area (Å²) in [5.74, 6) is -0.648. The molecule has 0 heterocycles. The maximum atomic E-state index is 13.3. The standard InChI is InChI=1S/C14H8ClF4NO.CH3NO/c15-12-5-9(14(17,18)19)1-2-13(12)20-11-4-8(7-21)3-10(16)6-11;2-1-3/h1-7,20H;1H,(H2,2,3). The Hall–Kier alpha value is -2.61. The van der Waals surface area contributed by atoms with Gasteiger partial charge in [-0.2, -0.15) is 13.2 Å².